The molecule has 0 saturated carbocycles. The number of aryl methyl sites for hydroxylation is 1. The summed E-state index contributed by atoms with van der Waals surface area (Å²) in [6, 6.07) is 0.0417. The summed E-state index contributed by atoms with van der Waals surface area (Å²) in [5.74, 6) is 1.30. The second-order valence-electron chi connectivity index (χ2n) is 6.52. The molecule has 2 atom stereocenters. The van der Waals surface area contributed by atoms with Gasteiger partial charge in [-0.25, -0.2) is 4.79 Å². The molecule has 0 spiro atoms. The molecule has 2 aliphatic heterocycles. The third-order valence-electron chi connectivity index (χ3n) is 4.82. The van der Waals surface area contributed by atoms with E-state index in [1.807, 2.05) is 4.57 Å². The molecule has 1 saturated heterocycles. The smallest absolute Gasteiger partial charge is 0.326 e. The Kier molecular flexibility index (Phi) is 3.97. The SMILES string of the molecule is CC(C)N1CCCC(c2nnc3n2C(C(=O)O)CCC3)C1. The van der Waals surface area contributed by atoms with E-state index in [-0.39, 0.29) is 0 Å². The van der Waals surface area contributed by atoms with Crippen LogP contribution in [-0.4, -0.2) is 49.9 Å². The molecule has 2 aliphatic rings. The standard InChI is InChI=1S/C15H24N4O2/c1-10(2)18-8-4-5-11(9-18)14-17-16-13-7-3-6-12(15(20)21)19(13)14/h10-12H,3-9H2,1-2H3,(H,20,21). The lowest BCUT2D eigenvalue weighted by Crippen LogP contribution is -2.40. The number of hydrogen-bond donors (Lipinski definition) is 1. The van der Waals surface area contributed by atoms with Crippen LogP contribution in [0.25, 0.3) is 0 Å². The quantitative estimate of drug-likeness (QED) is 0.920. The van der Waals surface area contributed by atoms with Gasteiger partial charge < -0.3 is 14.6 Å². The number of carboxylic acid groups (broad SMARTS) is 1. The van der Waals surface area contributed by atoms with Crippen molar-refractivity contribution < 1.29 is 9.90 Å². The molecule has 2 unspecified atom stereocenters. The summed E-state index contributed by atoms with van der Waals surface area (Å²) in [4.78, 5) is 14.0. The number of likely N-dealkylation sites (tertiary alicyclic amines) is 1. The van der Waals surface area contributed by atoms with E-state index in [2.05, 4.69) is 28.9 Å². The second-order valence-corrected chi connectivity index (χ2v) is 6.52. The van der Waals surface area contributed by atoms with Gasteiger partial charge in [0.1, 0.15) is 17.7 Å². The molecule has 1 aromatic rings. The van der Waals surface area contributed by atoms with E-state index in [1.165, 1.54) is 0 Å². The lowest BCUT2D eigenvalue weighted by molar-refractivity contribution is -0.141. The molecule has 21 heavy (non-hydrogen) atoms. The molecule has 1 aromatic heterocycles. The van der Waals surface area contributed by atoms with Crippen molar-refractivity contribution in [2.45, 2.75) is 64.0 Å². The van der Waals surface area contributed by atoms with Crippen molar-refractivity contribution in [1.82, 2.24) is 19.7 Å². The van der Waals surface area contributed by atoms with Crippen LogP contribution < -0.4 is 0 Å². The van der Waals surface area contributed by atoms with Gasteiger partial charge in [-0.05, 0) is 46.1 Å². The highest BCUT2D eigenvalue weighted by Gasteiger charge is 2.34. The summed E-state index contributed by atoms with van der Waals surface area (Å²) in [7, 11) is 0. The van der Waals surface area contributed by atoms with Crippen LogP contribution in [0, 0.1) is 0 Å². The normalized spacial score (nSPS) is 26.8. The number of fused-ring (bicyclic) bond motifs is 1. The molecule has 6 heteroatoms. The Morgan fingerprint density at radius 2 is 2.10 bits per heavy atom. The minimum atomic E-state index is -0.756. The molecule has 3 rings (SSSR count). The minimum absolute atomic E-state index is 0.308. The van der Waals surface area contributed by atoms with Crippen LogP contribution in [0.1, 0.15) is 63.1 Å². The lowest BCUT2D eigenvalue weighted by atomic mass is 9.95. The highest BCUT2D eigenvalue weighted by Crippen LogP contribution is 2.32. The summed E-state index contributed by atoms with van der Waals surface area (Å²) < 4.78 is 1.92. The zero-order chi connectivity index (χ0) is 15.0. The molecule has 0 aromatic carbocycles. The monoisotopic (exact) mass is 292 g/mol. The van der Waals surface area contributed by atoms with Gasteiger partial charge in [-0.2, -0.15) is 0 Å². The van der Waals surface area contributed by atoms with Crippen molar-refractivity contribution in [3.63, 3.8) is 0 Å². The van der Waals surface area contributed by atoms with E-state index in [0.29, 0.717) is 18.4 Å². The fraction of sp³-hybridized carbons (Fsp3) is 0.800. The van der Waals surface area contributed by atoms with E-state index < -0.39 is 12.0 Å². The number of aliphatic carboxylic acids is 1. The first kappa shape index (κ1) is 14.5. The van der Waals surface area contributed by atoms with Gasteiger partial charge in [0.25, 0.3) is 0 Å². The van der Waals surface area contributed by atoms with Crippen LogP contribution in [0.4, 0.5) is 0 Å². The fourth-order valence-electron chi connectivity index (χ4n) is 3.63. The van der Waals surface area contributed by atoms with Gasteiger partial charge >= 0.3 is 5.97 Å². The van der Waals surface area contributed by atoms with E-state index in [9.17, 15) is 9.90 Å². The van der Waals surface area contributed by atoms with E-state index >= 15 is 0 Å². The first-order valence-electron chi connectivity index (χ1n) is 7.98. The van der Waals surface area contributed by atoms with Crippen molar-refractivity contribution in [2.24, 2.45) is 0 Å². The number of carbonyl (C=O) groups is 1. The molecule has 1 N–H and O–H groups in total. The van der Waals surface area contributed by atoms with E-state index in [4.69, 9.17) is 0 Å². The molecule has 6 nitrogen and oxygen atoms in total. The lowest BCUT2D eigenvalue weighted by Gasteiger charge is -2.35. The van der Waals surface area contributed by atoms with Gasteiger partial charge in [0.2, 0.25) is 0 Å². The zero-order valence-electron chi connectivity index (χ0n) is 12.8. The number of carboxylic acids is 1. The summed E-state index contributed by atoms with van der Waals surface area (Å²) in [5.41, 5.74) is 0. The van der Waals surface area contributed by atoms with Gasteiger partial charge in [-0.3, -0.25) is 0 Å². The molecule has 116 valence electrons. The maximum absolute atomic E-state index is 11.5. The Bertz CT molecular complexity index is 526. The van der Waals surface area contributed by atoms with Crippen LogP contribution in [0.3, 0.4) is 0 Å². The number of nitrogens with zero attached hydrogens (tertiary/aromatic N) is 4. The second kappa shape index (κ2) is 5.75. The summed E-state index contributed by atoms with van der Waals surface area (Å²) in [6.45, 7) is 6.50. The largest absolute Gasteiger partial charge is 0.480 e. The average Bonchev–Trinajstić information content (AvgIpc) is 2.91. The predicted molar refractivity (Wildman–Crippen MR) is 78.3 cm³/mol. The molecule has 3 heterocycles. The number of piperidine rings is 1. The van der Waals surface area contributed by atoms with Crippen molar-refractivity contribution in [3.8, 4) is 0 Å². The van der Waals surface area contributed by atoms with Crippen LogP contribution >= 0.6 is 0 Å². The fourth-order valence-corrected chi connectivity index (χ4v) is 3.63. The summed E-state index contributed by atoms with van der Waals surface area (Å²) in [5, 5.41) is 18.1. The Morgan fingerprint density at radius 1 is 1.29 bits per heavy atom. The predicted octanol–water partition coefficient (Wildman–Crippen LogP) is 1.83. The van der Waals surface area contributed by atoms with Gasteiger partial charge in [0, 0.05) is 24.9 Å². The first-order valence-corrected chi connectivity index (χ1v) is 7.98. The average molecular weight is 292 g/mol. The summed E-state index contributed by atoms with van der Waals surface area (Å²) >= 11 is 0. The van der Waals surface area contributed by atoms with Gasteiger partial charge in [-0.15, -0.1) is 10.2 Å². The summed E-state index contributed by atoms with van der Waals surface area (Å²) in [6.07, 6.45) is 4.64. The molecule has 0 bridgehead atoms. The van der Waals surface area contributed by atoms with Gasteiger partial charge in [0.15, 0.2) is 0 Å². The van der Waals surface area contributed by atoms with E-state index in [0.717, 1.165) is 50.4 Å². The highest BCUT2D eigenvalue weighted by molar-refractivity contribution is 5.72. The van der Waals surface area contributed by atoms with Gasteiger partial charge in [-0.1, -0.05) is 0 Å². The van der Waals surface area contributed by atoms with Crippen LogP contribution in [-0.2, 0) is 11.2 Å². The zero-order valence-corrected chi connectivity index (χ0v) is 12.8. The van der Waals surface area contributed by atoms with Crippen LogP contribution in [0.2, 0.25) is 0 Å². The van der Waals surface area contributed by atoms with Crippen molar-refractivity contribution in [2.75, 3.05) is 13.1 Å². The molecule has 0 radical (unpaired) electrons. The first-order chi connectivity index (χ1) is 10.1. The minimum Gasteiger partial charge on any atom is -0.480 e. The molecule has 0 aliphatic carbocycles. The molecule has 0 amide bonds. The Hall–Kier alpha value is -1.43. The number of hydrogen-bond acceptors (Lipinski definition) is 4. The molecular formula is C15H24N4O2. The Balaban J connectivity index is 1.89. The number of rotatable bonds is 3. The van der Waals surface area contributed by atoms with Crippen LogP contribution in [0.15, 0.2) is 0 Å². The van der Waals surface area contributed by atoms with Crippen molar-refractivity contribution >= 4 is 5.97 Å². The maximum Gasteiger partial charge on any atom is 0.326 e. The maximum atomic E-state index is 11.5. The van der Waals surface area contributed by atoms with Crippen LogP contribution in [0.5, 0.6) is 0 Å². The topological polar surface area (TPSA) is 71.2 Å². The van der Waals surface area contributed by atoms with Crippen molar-refractivity contribution in [1.29, 1.82) is 0 Å². The van der Waals surface area contributed by atoms with Crippen molar-refractivity contribution in [3.05, 3.63) is 11.6 Å². The molecule has 1 fully saturated rings. The number of aromatic nitrogens is 3. The molecular weight excluding hydrogens is 268 g/mol. The van der Waals surface area contributed by atoms with Gasteiger partial charge in [0.05, 0.1) is 0 Å². The third-order valence-corrected chi connectivity index (χ3v) is 4.82. The Morgan fingerprint density at radius 3 is 2.81 bits per heavy atom. The third kappa shape index (κ3) is 2.69. The Labute approximate surface area is 125 Å². The van der Waals surface area contributed by atoms with E-state index in [1.54, 1.807) is 0 Å². The highest BCUT2D eigenvalue weighted by atomic mass is 16.4.